The van der Waals surface area contributed by atoms with E-state index in [4.69, 9.17) is 11.6 Å². The number of carbonyl (C=O) groups excluding carboxylic acids is 1. The van der Waals surface area contributed by atoms with Gasteiger partial charge in [-0.25, -0.2) is 0 Å². The number of rotatable bonds is 3. The Balaban J connectivity index is 2.48. The van der Waals surface area contributed by atoms with Crippen molar-refractivity contribution in [3.8, 4) is 0 Å². The average Bonchev–Trinajstić information content (AvgIpc) is 2.18. The second-order valence-corrected chi connectivity index (χ2v) is 4.50. The molecule has 0 spiro atoms. The summed E-state index contributed by atoms with van der Waals surface area (Å²) in [5.41, 5.74) is 0. The molecule has 76 valence electrons. The zero-order chi connectivity index (χ0) is 9.68. The minimum atomic E-state index is 0.248. The fourth-order valence-electron chi connectivity index (χ4n) is 1.70. The van der Waals surface area contributed by atoms with Gasteiger partial charge in [-0.2, -0.15) is 11.8 Å². The first-order valence-corrected chi connectivity index (χ1v) is 6.56. The van der Waals surface area contributed by atoms with Gasteiger partial charge in [0.05, 0.1) is 5.75 Å². The van der Waals surface area contributed by atoms with Crippen molar-refractivity contribution in [2.45, 2.75) is 25.3 Å². The smallest absolute Gasteiger partial charge is 0.232 e. The third-order valence-corrected chi connectivity index (χ3v) is 3.29. The molecule has 0 aromatic carbocycles. The van der Waals surface area contributed by atoms with Gasteiger partial charge in [-0.3, -0.25) is 4.79 Å². The Hall–Kier alpha value is 0.110. The van der Waals surface area contributed by atoms with Crippen molar-refractivity contribution in [1.82, 2.24) is 4.90 Å². The van der Waals surface area contributed by atoms with Gasteiger partial charge in [-0.15, -0.1) is 11.6 Å². The number of amides is 1. The van der Waals surface area contributed by atoms with Crippen molar-refractivity contribution in [3.05, 3.63) is 0 Å². The van der Waals surface area contributed by atoms with Gasteiger partial charge in [0.15, 0.2) is 0 Å². The molecule has 1 saturated heterocycles. The molecular formula is C9H16ClNOS. The predicted molar refractivity (Wildman–Crippen MR) is 58.5 cm³/mol. The lowest BCUT2D eigenvalue weighted by Crippen LogP contribution is -2.45. The molecular weight excluding hydrogens is 206 g/mol. The third kappa shape index (κ3) is 3.06. The first-order valence-electron chi connectivity index (χ1n) is 4.64. The maximum Gasteiger partial charge on any atom is 0.232 e. The van der Waals surface area contributed by atoms with Gasteiger partial charge < -0.3 is 4.90 Å². The number of carbonyl (C=O) groups is 1. The van der Waals surface area contributed by atoms with Crippen LogP contribution >= 0.6 is 23.4 Å². The van der Waals surface area contributed by atoms with Crippen LogP contribution in [0.2, 0.25) is 0 Å². The van der Waals surface area contributed by atoms with Crippen molar-refractivity contribution < 1.29 is 4.79 Å². The van der Waals surface area contributed by atoms with Gasteiger partial charge in [0.2, 0.25) is 5.91 Å². The Morgan fingerprint density at radius 2 is 2.38 bits per heavy atom. The first kappa shape index (κ1) is 11.2. The van der Waals surface area contributed by atoms with Crippen molar-refractivity contribution in [3.63, 3.8) is 0 Å². The largest absolute Gasteiger partial charge is 0.338 e. The molecule has 0 aromatic heterocycles. The lowest BCUT2D eigenvalue weighted by molar-refractivity contribution is -0.131. The zero-order valence-corrected chi connectivity index (χ0v) is 9.53. The fraction of sp³-hybridized carbons (Fsp3) is 0.889. The fourth-order valence-corrected chi connectivity index (χ4v) is 2.43. The Bertz CT molecular complexity index is 177. The highest BCUT2D eigenvalue weighted by molar-refractivity contribution is 7.99. The molecule has 0 N–H and O–H groups in total. The summed E-state index contributed by atoms with van der Waals surface area (Å²) in [6.45, 7) is 0.900. The molecule has 1 rings (SSSR count). The summed E-state index contributed by atoms with van der Waals surface area (Å²) in [4.78, 5) is 13.6. The minimum Gasteiger partial charge on any atom is -0.338 e. The summed E-state index contributed by atoms with van der Waals surface area (Å²) in [7, 11) is 0. The van der Waals surface area contributed by atoms with E-state index in [1.54, 1.807) is 11.8 Å². The lowest BCUT2D eigenvalue weighted by atomic mass is 10.0. The molecule has 1 atom stereocenters. The number of hydrogen-bond donors (Lipinski definition) is 0. The molecule has 1 unspecified atom stereocenters. The van der Waals surface area contributed by atoms with E-state index >= 15 is 0 Å². The normalized spacial score (nSPS) is 23.2. The minimum absolute atomic E-state index is 0.248. The molecule has 2 nitrogen and oxygen atoms in total. The zero-order valence-electron chi connectivity index (χ0n) is 7.96. The van der Waals surface area contributed by atoms with Crippen LogP contribution in [0.1, 0.15) is 19.3 Å². The van der Waals surface area contributed by atoms with E-state index in [0.717, 1.165) is 19.4 Å². The van der Waals surface area contributed by atoms with Crippen LogP contribution in [0.3, 0.4) is 0 Å². The highest BCUT2D eigenvalue weighted by atomic mass is 35.5. The predicted octanol–water partition coefficient (Wildman–Crippen LogP) is 1.97. The van der Waals surface area contributed by atoms with Crippen molar-refractivity contribution in [2.24, 2.45) is 0 Å². The van der Waals surface area contributed by atoms with Crippen LogP contribution in [0.15, 0.2) is 0 Å². The van der Waals surface area contributed by atoms with E-state index in [0.29, 0.717) is 11.6 Å². The molecule has 1 aliphatic heterocycles. The Morgan fingerprint density at radius 1 is 1.62 bits per heavy atom. The summed E-state index contributed by atoms with van der Waals surface area (Å²) in [5.74, 6) is 1.42. The monoisotopic (exact) mass is 221 g/mol. The van der Waals surface area contributed by atoms with Crippen LogP contribution in [-0.4, -0.2) is 41.3 Å². The highest BCUT2D eigenvalue weighted by Crippen LogP contribution is 2.18. The van der Waals surface area contributed by atoms with Crippen molar-refractivity contribution in [2.75, 3.05) is 24.4 Å². The van der Waals surface area contributed by atoms with E-state index in [9.17, 15) is 4.79 Å². The second-order valence-electron chi connectivity index (χ2n) is 3.32. The summed E-state index contributed by atoms with van der Waals surface area (Å²) in [6.07, 6.45) is 5.37. The maximum atomic E-state index is 11.6. The van der Waals surface area contributed by atoms with E-state index in [2.05, 4.69) is 0 Å². The molecule has 1 aliphatic rings. The highest BCUT2D eigenvalue weighted by Gasteiger charge is 2.24. The van der Waals surface area contributed by atoms with Gasteiger partial charge in [0.1, 0.15) is 0 Å². The summed E-state index contributed by atoms with van der Waals surface area (Å²) >= 11 is 7.40. The molecule has 1 fully saturated rings. The lowest BCUT2D eigenvalue weighted by Gasteiger charge is -2.34. The molecule has 0 bridgehead atoms. The molecule has 4 heteroatoms. The number of hydrogen-bond acceptors (Lipinski definition) is 2. The van der Waals surface area contributed by atoms with Crippen molar-refractivity contribution >= 4 is 29.3 Å². The third-order valence-electron chi connectivity index (χ3n) is 2.39. The molecule has 0 aromatic rings. The average molecular weight is 222 g/mol. The number of halogens is 1. The number of thioether (sulfide) groups is 1. The van der Waals surface area contributed by atoms with Crippen LogP contribution < -0.4 is 0 Å². The number of alkyl halides is 1. The summed E-state index contributed by atoms with van der Waals surface area (Å²) in [5, 5.41) is 0. The second kappa shape index (κ2) is 5.76. The van der Waals surface area contributed by atoms with E-state index in [1.165, 1.54) is 6.42 Å². The van der Waals surface area contributed by atoms with Crippen LogP contribution in [-0.2, 0) is 4.79 Å². The van der Waals surface area contributed by atoms with E-state index in [1.807, 2.05) is 11.2 Å². The van der Waals surface area contributed by atoms with Crippen LogP contribution in [0, 0.1) is 0 Å². The van der Waals surface area contributed by atoms with E-state index < -0.39 is 0 Å². The number of nitrogens with zero attached hydrogens (tertiary/aromatic N) is 1. The molecule has 0 radical (unpaired) electrons. The van der Waals surface area contributed by atoms with Crippen LogP contribution in [0.4, 0.5) is 0 Å². The van der Waals surface area contributed by atoms with Gasteiger partial charge >= 0.3 is 0 Å². The quantitative estimate of drug-likeness (QED) is 0.680. The Labute approximate surface area is 89.0 Å². The van der Waals surface area contributed by atoms with Crippen LogP contribution in [0.5, 0.6) is 0 Å². The van der Waals surface area contributed by atoms with Gasteiger partial charge in [-0.05, 0) is 25.5 Å². The molecule has 0 saturated carbocycles. The first-order chi connectivity index (χ1) is 6.29. The topological polar surface area (TPSA) is 20.3 Å². The maximum absolute atomic E-state index is 11.6. The van der Waals surface area contributed by atoms with Gasteiger partial charge in [0, 0.05) is 18.5 Å². The SMILES string of the molecule is CSCC(=O)N1CCCCC1CCl. The molecule has 13 heavy (non-hydrogen) atoms. The van der Waals surface area contributed by atoms with Crippen LogP contribution in [0.25, 0.3) is 0 Å². The van der Waals surface area contributed by atoms with Gasteiger partial charge in [-0.1, -0.05) is 0 Å². The molecule has 1 heterocycles. The summed E-state index contributed by atoms with van der Waals surface area (Å²) < 4.78 is 0. The Kier molecular flexibility index (Phi) is 4.96. The molecule has 0 aliphatic carbocycles. The molecule has 1 amide bonds. The Morgan fingerprint density at radius 3 is 3.00 bits per heavy atom. The number of likely N-dealkylation sites (tertiary alicyclic amines) is 1. The number of piperidine rings is 1. The van der Waals surface area contributed by atoms with Crippen molar-refractivity contribution in [1.29, 1.82) is 0 Å². The van der Waals surface area contributed by atoms with E-state index in [-0.39, 0.29) is 11.9 Å². The standard InChI is InChI=1S/C9H16ClNOS/c1-13-7-9(12)11-5-3-2-4-8(11)6-10/h8H,2-7H2,1H3. The summed E-state index contributed by atoms with van der Waals surface area (Å²) in [6, 6.07) is 0.287. The van der Waals surface area contributed by atoms with Gasteiger partial charge in [0.25, 0.3) is 0 Å².